The van der Waals surface area contributed by atoms with E-state index in [1.807, 2.05) is 36.4 Å². The summed E-state index contributed by atoms with van der Waals surface area (Å²) in [6.07, 6.45) is 6.53. The summed E-state index contributed by atoms with van der Waals surface area (Å²) in [7, 11) is 0. The number of carbonyl (C=O) groups excluding carboxylic acids is 2. The molecule has 3 aromatic carbocycles. The zero-order valence-electron chi connectivity index (χ0n) is 22.1. The van der Waals surface area contributed by atoms with E-state index in [2.05, 4.69) is 76.4 Å². The molecule has 3 aromatic rings. The smallest absolute Gasteiger partial charge is 0.248 e. The zero-order valence-corrected chi connectivity index (χ0v) is 22.1. The van der Waals surface area contributed by atoms with E-state index in [1.165, 1.54) is 23.3 Å². The highest BCUT2D eigenvalue weighted by Crippen LogP contribution is 2.24. The number of hydrogen-bond donors (Lipinski definition) is 2. The van der Waals surface area contributed by atoms with Gasteiger partial charge in [0.15, 0.2) is 0 Å². The van der Waals surface area contributed by atoms with Crippen molar-refractivity contribution in [1.29, 1.82) is 0 Å². The second kappa shape index (κ2) is 11.2. The molecule has 0 atom stereocenters. The summed E-state index contributed by atoms with van der Waals surface area (Å²) in [6.45, 7) is 13.0. The number of para-hydroxylation sites is 2. The lowest BCUT2D eigenvalue weighted by atomic mass is 9.87. The highest BCUT2D eigenvalue weighted by atomic mass is 16.2. The quantitative estimate of drug-likeness (QED) is 0.357. The van der Waals surface area contributed by atoms with Crippen LogP contribution in [0.25, 0.3) is 12.2 Å². The summed E-state index contributed by atoms with van der Waals surface area (Å²) in [4.78, 5) is 25.1. The van der Waals surface area contributed by atoms with E-state index >= 15 is 0 Å². The molecule has 0 aliphatic rings. The minimum absolute atomic E-state index is 0.0832. The van der Waals surface area contributed by atoms with E-state index in [0.29, 0.717) is 11.4 Å². The number of nitrogens with one attached hydrogen (secondary N) is 2. The predicted octanol–water partition coefficient (Wildman–Crippen LogP) is 7.59. The van der Waals surface area contributed by atoms with Crippen LogP contribution < -0.4 is 10.6 Å². The predicted molar refractivity (Wildman–Crippen MR) is 152 cm³/mol. The minimum atomic E-state index is -0.272. The maximum absolute atomic E-state index is 12.5. The van der Waals surface area contributed by atoms with E-state index in [-0.39, 0.29) is 22.6 Å². The summed E-state index contributed by atoms with van der Waals surface area (Å²) in [5.41, 5.74) is 5.60. The molecule has 0 aliphatic carbocycles. The van der Waals surface area contributed by atoms with Gasteiger partial charge in [-0.15, -0.1) is 0 Å². The molecule has 4 nitrogen and oxygen atoms in total. The normalized spacial score (nSPS) is 12.2. The molecule has 2 amide bonds. The maximum Gasteiger partial charge on any atom is 0.248 e. The highest BCUT2D eigenvalue weighted by molar-refractivity contribution is 6.08. The van der Waals surface area contributed by atoms with Crippen molar-refractivity contribution in [3.63, 3.8) is 0 Å². The molecule has 186 valence electrons. The van der Waals surface area contributed by atoms with Gasteiger partial charge >= 0.3 is 0 Å². The van der Waals surface area contributed by atoms with Gasteiger partial charge in [-0.3, -0.25) is 9.59 Å². The van der Waals surface area contributed by atoms with Crippen LogP contribution in [0, 0.1) is 0 Å². The van der Waals surface area contributed by atoms with E-state index < -0.39 is 0 Å². The van der Waals surface area contributed by atoms with E-state index in [0.717, 1.165) is 11.1 Å². The van der Waals surface area contributed by atoms with Crippen molar-refractivity contribution < 1.29 is 9.59 Å². The lowest BCUT2D eigenvalue weighted by Crippen LogP contribution is -2.13. The van der Waals surface area contributed by atoms with Crippen LogP contribution in [0.1, 0.15) is 63.8 Å². The molecule has 4 heteroatoms. The van der Waals surface area contributed by atoms with Crippen molar-refractivity contribution in [3.8, 4) is 0 Å². The molecular weight excluding hydrogens is 444 g/mol. The third-order valence-electron chi connectivity index (χ3n) is 5.85. The summed E-state index contributed by atoms with van der Waals surface area (Å²) in [5, 5.41) is 5.70. The summed E-state index contributed by atoms with van der Waals surface area (Å²) in [6, 6.07) is 23.5. The van der Waals surface area contributed by atoms with Crippen molar-refractivity contribution in [2.24, 2.45) is 0 Å². The Morgan fingerprint density at radius 1 is 0.556 bits per heavy atom. The minimum Gasteiger partial charge on any atom is -0.321 e. The molecule has 0 fully saturated rings. The van der Waals surface area contributed by atoms with Gasteiger partial charge in [0.2, 0.25) is 11.8 Å². The van der Waals surface area contributed by atoms with Crippen LogP contribution in [0.5, 0.6) is 0 Å². The molecule has 0 unspecified atom stereocenters. The Labute approximate surface area is 215 Å². The van der Waals surface area contributed by atoms with Crippen LogP contribution >= 0.6 is 0 Å². The monoisotopic (exact) mass is 480 g/mol. The first-order chi connectivity index (χ1) is 16.9. The second-order valence-corrected chi connectivity index (χ2v) is 10.9. The molecule has 3 rings (SSSR count). The van der Waals surface area contributed by atoms with Crippen molar-refractivity contribution in [2.75, 3.05) is 10.6 Å². The average Bonchev–Trinajstić information content (AvgIpc) is 2.82. The van der Waals surface area contributed by atoms with Gasteiger partial charge in [-0.25, -0.2) is 0 Å². The first-order valence-electron chi connectivity index (χ1n) is 12.2. The molecule has 0 aromatic heterocycles. The van der Waals surface area contributed by atoms with Gasteiger partial charge in [-0.2, -0.15) is 0 Å². The summed E-state index contributed by atoms with van der Waals surface area (Å²) >= 11 is 0. The number of carbonyl (C=O) groups is 2. The Balaban J connectivity index is 1.61. The Kier molecular flexibility index (Phi) is 8.31. The molecule has 0 heterocycles. The number of benzene rings is 3. The molecule has 0 saturated heterocycles. The molecule has 0 spiro atoms. The SMILES string of the molecule is CC(C)(C)c1ccc(/C=C/C(=O)Nc2ccccc2NC(=O)/C=C/c2ccc(C(C)(C)C)cc2)cc1. The summed E-state index contributed by atoms with van der Waals surface area (Å²) < 4.78 is 0. The van der Waals surface area contributed by atoms with Gasteiger partial charge in [0.05, 0.1) is 11.4 Å². The second-order valence-electron chi connectivity index (χ2n) is 10.9. The highest BCUT2D eigenvalue weighted by Gasteiger charge is 2.13. The Morgan fingerprint density at radius 3 is 1.19 bits per heavy atom. The number of hydrogen-bond acceptors (Lipinski definition) is 2. The molecular formula is C32H36N2O2. The maximum atomic E-state index is 12.5. The lowest BCUT2D eigenvalue weighted by Gasteiger charge is -2.18. The van der Waals surface area contributed by atoms with Crippen LogP contribution in [0.4, 0.5) is 11.4 Å². The van der Waals surface area contributed by atoms with Crippen LogP contribution in [0.3, 0.4) is 0 Å². The number of anilines is 2. The third-order valence-corrected chi connectivity index (χ3v) is 5.85. The fourth-order valence-corrected chi connectivity index (χ4v) is 3.58. The Morgan fingerprint density at radius 2 is 0.889 bits per heavy atom. The van der Waals surface area contributed by atoms with Crippen LogP contribution in [0.2, 0.25) is 0 Å². The van der Waals surface area contributed by atoms with Gasteiger partial charge in [-0.05, 0) is 57.4 Å². The standard InChI is InChI=1S/C32H36N2O2/c1-31(2,3)25-17-11-23(12-18-25)15-21-29(35)33-27-9-7-8-10-28(27)34-30(36)22-16-24-13-19-26(20-14-24)32(4,5)6/h7-22H,1-6H3,(H,33,35)(H,34,36)/b21-15+,22-16+. The van der Waals surface area contributed by atoms with Crippen LogP contribution in [0.15, 0.2) is 84.9 Å². The lowest BCUT2D eigenvalue weighted by molar-refractivity contribution is -0.112. The molecule has 0 saturated carbocycles. The number of amides is 2. The van der Waals surface area contributed by atoms with E-state index in [4.69, 9.17) is 0 Å². The van der Waals surface area contributed by atoms with Gasteiger partial charge < -0.3 is 10.6 Å². The van der Waals surface area contributed by atoms with Crippen LogP contribution in [-0.2, 0) is 20.4 Å². The number of rotatable bonds is 6. The molecule has 0 radical (unpaired) electrons. The first kappa shape index (κ1) is 26.7. The van der Waals surface area contributed by atoms with Gasteiger partial charge in [-0.1, -0.05) is 102 Å². The van der Waals surface area contributed by atoms with Gasteiger partial charge in [0, 0.05) is 12.2 Å². The molecule has 2 N–H and O–H groups in total. The Bertz CT molecular complexity index is 1150. The molecule has 36 heavy (non-hydrogen) atoms. The fraction of sp³-hybridized carbons (Fsp3) is 0.250. The fourth-order valence-electron chi connectivity index (χ4n) is 3.58. The van der Waals surface area contributed by atoms with Crippen molar-refractivity contribution in [1.82, 2.24) is 0 Å². The molecule has 0 bridgehead atoms. The zero-order chi connectivity index (χ0) is 26.3. The van der Waals surface area contributed by atoms with Gasteiger partial charge in [0.1, 0.15) is 0 Å². The first-order valence-corrected chi connectivity index (χ1v) is 12.2. The van der Waals surface area contributed by atoms with Crippen molar-refractivity contribution >= 4 is 35.3 Å². The van der Waals surface area contributed by atoms with Crippen molar-refractivity contribution in [3.05, 3.63) is 107 Å². The largest absolute Gasteiger partial charge is 0.321 e. The van der Waals surface area contributed by atoms with E-state index in [1.54, 1.807) is 24.3 Å². The van der Waals surface area contributed by atoms with Crippen molar-refractivity contribution in [2.45, 2.75) is 52.4 Å². The van der Waals surface area contributed by atoms with Crippen LogP contribution in [-0.4, -0.2) is 11.8 Å². The molecule has 0 aliphatic heterocycles. The summed E-state index contributed by atoms with van der Waals surface area (Å²) in [5.74, 6) is -0.544. The van der Waals surface area contributed by atoms with E-state index in [9.17, 15) is 9.59 Å². The average molecular weight is 481 g/mol. The third kappa shape index (κ3) is 7.81. The van der Waals surface area contributed by atoms with Gasteiger partial charge in [0.25, 0.3) is 0 Å². The Hall–Kier alpha value is -3.92. The topological polar surface area (TPSA) is 58.2 Å².